The maximum Gasteiger partial charge on any atom is 0.243 e. The quantitative estimate of drug-likeness (QED) is 0.346. The maximum absolute atomic E-state index is 13.7. The van der Waals surface area contributed by atoms with Crippen molar-refractivity contribution >= 4 is 29.5 Å². The smallest absolute Gasteiger partial charge is 0.243 e. The Kier molecular flexibility index (Phi) is 6.65. The summed E-state index contributed by atoms with van der Waals surface area (Å²) in [6, 6.07) is 8.30. The Morgan fingerprint density at radius 2 is 2.00 bits per heavy atom. The van der Waals surface area contributed by atoms with Crippen LogP contribution in [0.25, 0.3) is 0 Å². The van der Waals surface area contributed by atoms with Crippen molar-refractivity contribution in [2.75, 3.05) is 13.7 Å². The zero-order valence-electron chi connectivity index (χ0n) is 17.8. The van der Waals surface area contributed by atoms with E-state index in [4.69, 9.17) is 14.7 Å². The lowest BCUT2D eigenvalue weighted by molar-refractivity contribution is -0.129. The summed E-state index contributed by atoms with van der Waals surface area (Å²) < 4.78 is 25.2. The van der Waals surface area contributed by atoms with Crippen LogP contribution in [0.4, 0.5) is 15.8 Å². The van der Waals surface area contributed by atoms with E-state index in [1.165, 1.54) is 12.1 Å². The second-order valence-electron chi connectivity index (χ2n) is 7.65. The van der Waals surface area contributed by atoms with Crippen LogP contribution in [-0.2, 0) is 11.3 Å². The molecule has 0 saturated heterocycles. The number of halogens is 1. The van der Waals surface area contributed by atoms with Gasteiger partial charge in [0.25, 0.3) is 0 Å². The van der Waals surface area contributed by atoms with Gasteiger partial charge in [-0.25, -0.2) is 19.9 Å². The van der Waals surface area contributed by atoms with Gasteiger partial charge in [0.2, 0.25) is 5.91 Å². The maximum atomic E-state index is 13.7. The van der Waals surface area contributed by atoms with Crippen LogP contribution in [-0.4, -0.2) is 41.9 Å². The number of rotatable bonds is 9. The molecule has 32 heavy (non-hydrogen) atoms. The number of fused-ring (bicyclic) bond motifs is 4. The molecule has 2 heterocycles. The monoisotopic (exact) mass is 440 g/mol. The molecule has 0 unspecified atom stereocenters. The third-order valence-electron chi connectivity index (χ3n) is 5.43. The fraction of sp³-hybridized carbons (Fsp3) is 0.348. The van der Waals surface area contributed by atoms with Gasteiger partial charge in [0.05, 0.1) is 38.0 Å². The summed E-state index contributed by atoms with van der Waals surface area (Å²) in [7, 11) is 1.58. The highest BCUT2D eigenvalue weighted by molar-refractivity contribution is 6.12. The standard InChI is InChI=1S/C23H25FN4O4/c1-31-20-12-19-17(11-21(20)32-9-5-3-2-4-6-22(29)27-30)23-26-18-10-16(24)8-7-15(18)13-28(23)14-25-19/h7-8,10-12,14,30H,2-6,9,13H2,1H3,(H,27,29). The first-order chi connectivity index (χ1) is 15.6. The van der Waals surface area contributed by atoms with Gasteiger partial charge < -0.3 is 14.4 Å². The average molecular weight is 440 g/mol. The SMILES string of the molecule is COc1cc2c(cc1OCCCCCCC(=O)NO)C1=Nc3cc(F)ccc3CN1C=N2. The average Bonchev–Trinajstić information content (AvgIpc) is 2.81. The number of amides is 1. The van der Waals surface area contributed by atoms with Crippen molar-refractivity contribution in [3.8, 4) is 11.5 Å². The fourth-order valence-corrected chi connectivity index (χ4v) is 3.74. The number of benzene rings is 2. The summed E-state index contributed by atoms with van der Waals surface area (Å²) in [5.74, 6) is 1.19. The molecule has 8 nitrogen and oxygen atoms in total. The van der Waals surface area contributed by atoms with Crippen LogP contribution in [0.5, 0.6) is 11.5 Å². The molecule has 0 fully saturated rings. The molecule has 2 aromatic rings. The van der Waals surface area contributed by atoms with Gasteiger partial charge in [0.1, 0.15) is 11.7 Å². The third-order valence-corrected chi connectivity index (χ3v) is 5.43. The number of hydrogen-bond acceptors (Lipinski definition) is 7. The number of unbranched alkanes of at least 4 members (excludes halogenated alkanes) is 3. The predicted molar refractivity (Wildman–Crippen MR) is 118 cm³/mol. The van der Waals surface area contributed by atoms with Crippen molar-refractivity contribution in [3.05, 3.63) is 47.3 Å². The molecule has 2 N–H and O–H groups in total. The van der Waals surface area contributed by atoms with Crippen molar-refractivity contribution in [1.29, 1.82) is 0 Å². The summed E-state index contributed by atoms with van der Waals surface area (Å²) in [6.45, 7) is 1.06. The minimum atomic E-state index is -0.368. The molecule has 0 atom stereocenters. The van der Waals surface area contributed by atoms with Gasteiger partial charge >= 0.3 is 0 Å². The largest absolute Gasteiger partial charge is 0.493 e. The summed E-state index contributed by atoms with van der Waals surface area (Å²) in [6.07, 6.45) is 5.34. The molecule has 9 heteroatoms. The molecular formula is C23H25FN4O4. The highest BCUT2D eigenvalue weighted by Crippen LogP contribution is 2.39. The molecule has 0 aromatic heterocycles. The second-order valence-corrected chi connectivity index (χ2v) is 7.65. The third kappa shape index (κ3) is 4.72. The lowest BCUT2D eigenvalue weighted by atomic mass is 10.0. The van der Waals surface area contributed by atoms with E-state index in [1.807, 2.05) is 17.0 Å². The molecule has 1 amide bonds. The van der Waals surface area contributed by atoms with Gasteiger partial charge in [-0.2, -0.15) is 0 Å². The fourth-order valence-electron chi connectivity index (χ4n) is 3.74. The van der Waals surface area contributed by atoms with Crippen molar-refractivity contribution in [2.24, 2.45) is 9.98 Å². The lowest BCUT2D eigenvalue weighted by Crippen LogP contribution is -2.34. The van der Waals surface area contributed by atoms with Gasteiger partial charge in [-0.15, -0.1) is 0 Å². The molecule has 0 aliphatic carbocycles. The molecule has 168 valence electrons. The van der Waals surface area contributed by atoms with E-state index in [-0.39, 0.29) is 11.7 Å². The molecule has 0 radical (unpaired) electrons. The topological polar surface area (TPSA) is 95.8 Å². The number of carbonyl (C=O) groups excluding carboxylic acids is 1. The van der Waals surface area contributed by atoms with Crippen LogP contribution in [0, 0.1) is 5.82 Å². The second kappa shape index (κ2) is 9.78. The molecule has 0 spiro atoms. The van der Waals surface area contributed by atoms with Crippen LogP contribution >= 0.6 is 0 Å². The van der Waals surface area contributed by atoms with E-state index in [1.54, 1.807) is 25.0 Å². The number of hydrogen-bond donors (Lipinski definition) is 2. The Labute approximate surface area is 185 Å². The number of carbonyl (C=O) groups is 1. The minimum Gasteiger partial charge on any atom is -0.493 e. The Bertz CT molecular complexity index is 1070. The first kappa shape index (κ1) is 21.8. The van der Waals surface area contributed by atoms with E-state index in [2.05, 4.69) is 9.98 Å². The zero-order chi connectivity index (χ0) is 22.5. The lowest BCUT2D eigenvalue weighted by Gasteiger charge is -2.30. The number of aliphatic imine (C=N–C) groups is 2. The van der Waals surface area contributed by atoms with Gasteiger partial charge in [-0.3, -0.25) is 10.0 Å². The Morgan fingerprint density at radius 3 is 2.81 bits per heavy atom. The van der Waals surface area contributed by atoms with Crippen LogP contribution in [0.2, 0.25) is 0 Å². The molecule has 0 saturated carbocycles. The van der Waals surface area contributed by atoms with Gasteiger partial charge in [-0.05, 0) is 36.6 Å². The van der Waals surface area contributed by atoms with Crippen LogP contribution < -0.4 is 15.0 Å². The molecule has 4 rings (SSSR count). The Hall–Kier alpha value is -3.46. The van der Waals surface area contributed by atoms with Crippen molar-refractivity contribution < 1.29 is 23.9 Å². The highest BCUT2D eigenvalue weighted by Gasteiger charge is 2.27. The normalized spacial score (nSPS) is 13.6. The van der Waals surface area contributed by atoms with E-state index in [9.17, 15) is 9.18 Å². The summed E-state index contributed by atoms with van der Waals surface area (Å²) in [4.78, 5) is 22.2. The number of hydroxylamine groups is 1. The first-order valence-electron chi connectivity index (χ1n) is 10.5. The van der Waals surface area contributed by atoms with E-state index in [0.717, 1.165) is 30.4 Å². The molecule has 2 aliphatic heterocycles. The van der Waals surface area contributed by atoms with E-state index >= 15 is 0 Å². The summed E-state index contributed by atoms with van der Waals surface area (Å²) in [5.41, 5.74) is 4.70. The summed E-state index contributed by atoms with van der Waals surface area (Å²) in [5, 5.41) is 8.50. The molecular weight excluding hydrogens is 415 g/mol. The van der Waals surface area contributed by atoms with Gasteiger partial charge in [0, 0.05) is 18.1 Å². The zero-order valence-corrected chi connectivity index (χ0v) is 17.8. The highest BCUT2D eigenvalue weighted by atomic mass is 19.1. The van der Waals surface area contributed by atoms with E-state index in [0.29, 0.717) is 54.7 Å². The Balaban J connectivity index is 1.46. The number of amidine groups is 1. The Morgan fingerprint density at radius 1 is 1.16 bits per heavy atom. The summed E-state index contributed by atoms with van der Waals surface area (Å²) >= 11 is 0. The number of nitrogens with one attached hydrogen (secondary N) is 1. The minimum absolute atomic E-state index is 0.308. The van der Waals surface area contributed by atoms with Gasteiger partial charge in [0.15, 0.2) is 11.5 Å². The van der Waals surface area contributed by atoms with Crippen molar-refractivity contribution in [2.45, 2.75) is 38.6 Å². The van der Waals surface area contributed by atoms with Crippen LogP contribution in [0.15, 0.2) is 40.3 Å². The number of nitrogens with zero attached hydrogens (tertiary/aromatic N) is 3. The van der Waals surface area contributed by atoms with Gasteiger partial charge in [-0.1, -0.05) is 18.9 Å². The van der Waals surface area contributed by atoms with Crippen LogP contribution in [0.1, 0.15) is 43.2 Å². The number of methoxy groups -OCH3 is 1. The van der Waals surface area contributed by atoms with Crippen LogP contribution in [0.3, 0.4) is 0 Å². The molecule has 2 aliphatic rings. The molecule has 2 aromatic carbocycles. The first-order valence-corrected chi connectivity index (χ1v) is 10.5. The molecule has 0 bridgehead atoms. The number of ether oxygens (including phenoxy) is 2. The van der Waals surface area contributed by atoms with Crippen molar-refractivity contribution in [3.63, 3.8) is 0 Å². The predicted octanol–water partition coefficient (Wildman–Crippen LogP) is 4.24. The van der Waals surface area contributed by atoms with E-state index < -0.39 is 0 Å². The van der Waals surface area contributed by atoms with Crippen molar-refractivity contribution in [1.82, 2.24) is 10.4 Å².